The molecule has 2 rings (SSSR count). The fourth-order valence-corrected chi connectivity index (χ4v) is 2.41. The highest BCUT2D eigenvalue weighted by molar-refractivity contribution is 6.79. The van der Waals surface area contributed by atoms with E-state index in [-0.39, 0.29) is 0 Å². The summed E-state index contributed by atoms with van der Waals surface area (Å²) < 4.78 is 0. The Morgan fingerprint density at radius 2 is 2.15 bits per heavy atom. The fourth-order valence-electron chi connectivity index (χ4n) is 2.24. The maximum Gasteiger partial charge on any atom is 0.527 e. The van der Waals surface area contributed by atoms with E-state index in [4.69, 9.17) is 21.6 Å². The predicted octanol–water partition coefficient (Wildman–Crippen LogP) is 2.35. The monoisotopic (exact) mass is 291 g/mol. The van der Waals surface area contributed by atoms with Gasteiger partial charge in [-0.1, -0.05) is 31.0 Å². The van der Waals surface area contributed by atoms with Gasteiger partial charge in [0, 0.05) is 22.5 Å². The quantitative estimate of drug-likeness (QED) is 0.830. The van der Waals surface area contributed by atoms with Crippen LogP contribution < -0.4 is 0 Å². The molecule has 1 aromatic carbocycles. The van der Waals surface area contributed by atoms with Crippen molar-refractivity contribution < 1.29 is 14.8 Å². The maximum absolute atomic E-state index is 11.9. The molecule has 0 saturated heterocycles. The minimum atomic E-state index is -1.95. The molecule has 0 fully saturated rings. The molecule has 104 valence electrons. The van der Waals surface area contributed by atoms with Crippen molar-refractivity contribution in [3.05, 3.63) is 41.0 Å². The van der Waals surface area contributed by atoms with E-state index in [1.54, 1.807) is 18.3 Å². The average molecular weight is 292 g/mol. The smallest absolute Gasteiger partial charge is 0.421 e. The van der Waals surface area contributed by atoms with Gasteiger partial charge in [-0.25, -0.2) is 0 Å². The van der Waals surface area contributed by atoms with E-state index in [9.17, 15) is 4.79 Å². The van der Waals surface area contributed by atoms with Crippen LogP contribution in [-0.2, 0) is 4.79 Å². The Kier molecular flexibility index (Phi) is 4.75. The van der Waals surface area contributed by atoms with Crippen LogP contribution in [0, 0.1) is 0 Å². The normalized spacial score (nSPS) is 12.4. The zero-order valence-electron chi connectivity index (χ0n) is 11.1. The van der Waals surface area contributed by atoms with Crippen LogP contribution in [0.5, 0.6) is 0 Å². The first-order valence-corrected chi connectivity index (χ1v) is 6.85. The first-order chi connectivity index (χ1) is 9.52. The highest BCUT2D eigenvalue weighted by atomic mass is 35.5. The van der Waals surface area contributed by atoms with E-state index in [0.717, 1.165) is 17.3 Å². The highest BCUT2D eigenvalue weighted by Crippen LogP contribution is 2.26. The molecule has 0 aliphatic carbocycles. The molecule has 0 bridgehead atoms. The molecule has 0 spiro atoms. The maximum atomic E-state index is 11.9. The molecule has 0 aliphatic heterocycles. The Hall–Kier alpha value is -1.43. The number of fused-ring (bicyclic) bond motifs is 1. The Labute approximate surface area is 122 Å². The van der Waals surface area contributed by atoms with Crippen LogP contribution in [0.1, 0.15) is 31.2 Å². The van der Waals surface area contributed by atoms with Crippen LogP contribution in [0.15, 0.2) is 30.5 Å². The second kappa shape index (κ2) is 6.35. The van der Waals surface area contributed by atoms with E-state index >= 15 is 0 Å². The fraction of sp³-hybridized carbons (Fsp3) is 0.286. The number of hydrogen-bond donors (Lipinski definition) is 2. The van der Waals surface area contributed by atoms with Crippen molar-refractivity contribution >= 4 is 35.3 Å². The van der Waals surface area contributed by atoms with Crippen LogP contribution >= 0.6 is 11.6 Å². The van der Waals surface area contributed by atoms with Gasteiger partial charge in [0.1, 0.15) is 0 Å². The lowest BCUT2D eigenvalue weighted by Crippen LogP contribution is -2.31. The van der Waals surface area contributed by atoms with Gasteiger partial charge in [-0.2, -0.15) is 0 Å². The summed E-state index contributed by atoms with van der Waals surface area (Å²) in [6.07, 6.45) is 2.91. The lowest BCUT2D eigenvalue weighted by Gasteiger charge is -2.15. The molecule has 2 N–H and O–H groups in total. The SMILES string of the molecule is CCCC(C(=O)B(O)O)c1cnc2cc(Cl)ccc2c1. The summed E-state index contributed by atoms with van der Waals surface area (Å²) in [5, 5.41) is 19.7. The molecule has 0 aliphatic rings. The van der Waals surface area contributed by atoms with Gasteiger partial charge < -0.3 is 14.8 Å². The molecular weight excluding hydrogens is 276 g/mol. The average Bonchev–Trinajstić information content (AvgIpc) is 2.43. The number of nitrogens with zero attached hydrogens (tertiary/aromatic N) is 1. The second-order valence-corrected chi connectivity index (χ2v) is 5.16. The number of halogens is 1. The standard InChI is InChI=1S/C14H15BClNO3/c1-2-3-12(14(18)15(19)20)10-6-9-4-5-11(16)7-13(9)17-8-10/h4-8,12,19-20H,2-3H2,1H3. The van der Waals surface area contributed by atoms with Gasteiger partial charge in [0.15, 0.2) is 5.68 Å². The van der Waals surface area contributed by atoms with Crippen LogP contribution in [0.4, 0.5) is 0 Å². The van der Waals surface area contributed by atoms with Crippen molar-refractivity contribution in [1.29, 1.82) is 0 Å². The van der Waals surface area contributed by atoms with Crippen LogP contribution in [0.3, 0.4) is 0 Å². The lowest BCUT2D eigenvalue weighted by molar-refractivity contribution is -0.115. The third-order valence-electron chi connectivity index (χ3n) is 3.25. The Morgan fingerprint density at radius 1 is 1.40 bits per heavy atom. The van der Waals surface area contributed by atoms with Crippen molar-refractivity contribution in [2.24, 2.45) is 0 Å². The third kappa shape index (κ3) is 3.18. The minimum Gasteiger partial charge on any atom is -0.421 e. The summed E-state index contributed by atoms with van der Waals surface area (Å²) in [4.78, 5) is 16.2. The van der Waals surface area contributed by atoms with E-state index < -0.39 is 18.7 Å². The predicted molar refractivity (Wildman–Crippen MR) is 79.6 cm³/mol. The number of benzene rings is 1. The topological polar surface area (TPSA) is 70.4 Å². The molecule has 4 nitrogen and oxygen atoms in total. The van der Waals surface area contributed by atoms with Gasteiger partial charge in [0.05, 0.1) is 5.52 Å². The van der Waals surface area contributed by atoms with Crippen molar-refractivity contribution in [3.63, 3.8) is 0 Å². The van der Waals surface area contributed by atoms with Crippen molar-refractivity contribution in [2.45, 2.75) is 25.7 Å². The molecule has 1 heterocycles. The Balaban J connectivity index is 2.43. The van der Waals surface area contributed by atoms with Crippen LogP contribution in [0.25, 0.3) is 10.9 Å². The lowest BCUT2D eigenvalue weighted by atomic mass is 9.72. The third-order valence-corrected chi connectivity index (χ3v) is 3.48. The van der Waals surface area contributed by atoms with Crippen molar-refractivity contribution in [2.75, 3.05) is 0 Å². The molecular formula is C14H15BClNO3. The van der Waals surface area contributed by atoms with Gasteiger partial charge in [-0.15, -0.1) is 0 Å². The molecule has 6 heteroatoms. The summed E-state index contributed by atoms with van der Waals surface area (Å²) in [5.41, 5.74) is 0.843. The molecule has 1 unspecified atom stereocenters. The molecule has 0 saturated carbocycles. The van der Waals surface area contributed by atoms with Crippen LogP contribution in [0.2, 0.25) is 5.02 Å². The van der Waals surface area contributed by atoms with Gasteiger partial charge >= 0.3 is 7.12 Å². The summed E-state index contributed by atoms with van der Waals surface area (Å²) in [7, 11) is -1.95. The molecule has 1 atom stereocenters. The van der Waals surface area contributed by atoms with E-state index in [1.165, 1.54) is 0 Å². The molecule has 20 heavy (non-hydrogen) atoms. The van der Waals surface area contributed by atoms with Gasteiger partial charge in [-0.05, 0) is 30.2 Å². The largest absolute Gasteiger partial charge is 0.527 e. The number of hydrogen-bond acceptors (Lipinski definition) is 4. The zero-order chi connectivity index (χ0) is 14.7. The van der Waals surface area contributed by atoms with E-state index in [2.05, 4.69) is 4.98 Å². The van der Waals surface area contributed by atoms with Crippen molar-refractivity contribution in [1.82, 2.24) is 4.98 Å². The van der Waals surface area contributed by atoms with Gasteiger partial charge in [-0.3, -0.25) is 4.98 Å². The molecule has 2 aromatic rings. The minimum absolute atomic E-state index is 0.549. The van der Waals surface area contributed by atoms with E-state index in [1.807, 2.05) is 19.1 Å². The van der Waals surface area contributed by atoms with Gasteiger partial charge in [0.25, 0.3) is 0 Å². The van der Waals surface area contributed by atoms with Gasteiger partial charge in [0.2, 0.25) is 0 Å². The highest BCUT2D eigenvalue weighted by Gasteiger charge is 2.29. The summed E-state index contributed by atoms with van der Waals surface area (Å²) in [6, 6.07) is 7.18. The molecule has 1 aromatic heterocycles. The molecule has 0 radical (unpaired) electrons. The number of carbonyl (C=O) groups excluding carboxylic acids is 1. The second-order valence-electron chi connectivity index (χ2n) is 4.72. The summed E-state index contributed by atoms with van der Waals surface area (Å²) in [5.74, 6) is -0.549. The zero-order valence-corrected chi connectivity index (χ0v) is 11.8. The molecule has 0 amide bonds. The summed E-state index contributed by atoms with van der Waals surface area (Å²) >= 11 is 5.90. The number of pyridine rings is 1. The Bertz CT molecular complexity index is 633. The van der Waals surface area contributed by atoms with Crippen LogP contribution in [-0.4, -0.2) is 27.8 Å². The Morgan fingerprint density at radius 3 is 2.80 bits per heavy atom. The number of aromatic nitrogens is 1. The van der Waals surface area contributed by atoms with Crippen molar-refractivity contribution in [3.8, 4) is 0 Å². The first kappa shape index (κ1) is 15.0. The van der Waals surface area contributed by atoms with E-state index in [0.29, 0.717) is 17.0 Å². The summed E-state index contributed by atoms with van der Waals surface area (Å²) in [6.45, 7) is 1.94. The number of rotatable bonds is 5. The first-order valence-electron chi connectivity index (χ1n) is 6.48. The number of carbonyl (C=O) groups is 1.